The summed E-state index contributed by atoms with van der Waals surface area (Å²) in [5, 5.41) is 1.14. The van der Waals surface area contributed by atoms with Gasteiger partial charge in [-0.25, -0.2) is 0 Å². The molecule has 1 aromatic carbocycles. The Morgan fingerprint density at radius 3 is 2.53 bits per heavy atom. The molecule has 2 nitrogen and oxygen atoms in total. The first-order valence-electron chi connectivity index (χ1n) is 6.99. The molecular weight excluding hydrogens is 234 g/mol. The lowest BCUT2D eigenvalue weighted by Gasteiger charge is -2.20. The summed E-state index contributed by atoms with van der Waals surface area (Å²) in [4.78, 5) is 4.94. The molecule has 0 bridgehead atoms. The molecule has 0 unspecified atom stereocenters. The number of ether oxygens (including phenoxy) is 1. The van der Waals surface area contributed by atoms with E-state index in [1.54, 1.807) is 7.11 Å². The van der Waals surface area contributed by atoms with Crippen LogP contribution >= 0.6 is 0 Å². The van der Waals surface area contributed by atoms with Crippen LogP contribution < -0.4 is 4.74 Å². The van der Waals surface area contributed by atoms with Crippen molar-refractivity contribution in [3.8, 4) is 5.75 Å². The Morgan fingerprint density at radius 1 is 1.21 bits per heavy atom. The molecule has 19 heavy (non-hydrogen) atoms. The van der Waals surface area contributed by atoms with E-state index in [4.69, 9.17) is 9.72 Å². The van der Waals surface area contributed by atoms with Gasteiger partial charge in [-0.05, 0) is 30.4 Å². The van der Waals surface area contributed by atoms with Gasteiger partial charge in [0.25, 0.3) is 0 Å². The predicted molar refractivity (Wildman–Crippen MR) is 79.0 cm³/mol. The van der Waals surface area contributed by atoms with Crippen molar-refractivity contribution in [3.63, 3.8) is 0 Å². The molecule has 3 rings (SSSR count). The van der Waals surface area contributed by atoms with Crippen LogP contribution in [0.4, 0.5) is 0 Å². The van der Waals surface area contributed by atoms with E-state index in [2.05, 4.69) is 45.0 Å². The maximum absolute atomic E-state index is 5.58. The van der Waals surface area contributed by atoms with Crippen LogP contribution in [-0.2, 0) is 5.41 Å². The molecule has 0 aliphatic heterocycles. The minimum absolute atomic E-state index is 0.0398. The van der Waals surface area contributed by atoms with E-state index in [0.717, 1.165) is 22.3 Å². The van der Waals surface area contributed by atoms with Crippen LogP contribution in [0.1, 0.15) is 50.8 Å². The van der Waals surface area contributed by atoms with Gasteiger partial charge in [0.1, 0.15) is 5.75 Å². The number of aromatic nitrogens is 1. The number of nitrogens with zero attached hydrogens (tertiary/aromatic N) is 1. The molecule has 0 radical (unpaired) electrons. The van der Waals surface area contributed by atoms with Crippen LogP contribution in [0.15, 0.2) is 24.3 Å². The van der Waals surface area contributed by atoms with Gasteiger partial charge < -0.3 is 4.74 Å². The summed E-state index contributed by atoms with van der Waals surface area (Å²) in [6.07, 6.45) is 2.59. The molecule has 2 aromatic rings. The van der Waals surface area contributed by atoms with Crippen molar-refractivity contribution in [1.29, 1.82) is 0 Å². The fraction of sp³-hybridized carbons (Fsp3) is 0.471. The Labute approximate surface area is 114 Å². The van der Waals surface area contributed by atoms with Crippen molar-refractivity contribution < 1.29 is 4.74 Å². The summed E-state index contributed by atoms with van der Waals surface area (Å²) in [7, 11) is 1.74. The third kappa shape index (κ3) is 2.20. The molecule has 0 atom stereocenters. The summed E-state index contributed by atoms with van der Waals surface area (Å²) >= 11 is 0. The average molecular weight is 255 g/mol. The van der Waals surface area contributed by atoms with Gasteiger partial charge in [-0.2, -0.15) is 0 Å². The molecule has 1 saturated carbocycles. The van der Waals surface area contributed by atoms with Crippen LogP contribution in [0.2, 0.25) is 0 Å². The molecule has 1 aliphatic rings. The molecule has 100 valence electrons. The maximum Gasteiger partial charge on any atom is 0.130 e. The topological polar surface area (TPSA) is 22.1 Å². The minimum Gasteiger partial charge on any atom is -0.496 e. The van der Waals surface area contributed by atoms with Crippen LogP contribution in [0.5, 0.6) is 5.75 Å². The van der Waals surface area contributed by atoms with Gasteiger partial charge in [-0.15, -0.1) is 0 Å². The molecule has 2 heteroatoms. The molecular formula is C17H21NO. The Bertz CT molecular complexity index is 621. The Hall–Kier alpha value is -1.57. The third-order valence-corrected chi connectivity index (χ3v) is 3.84. The predicted octanol–water partition coefficient (Wildman–Crippen LogP) is 4.42. The van der Waals surface area contributed by atoms with Gasteiger partial charge in [-0.1, -0.05) is 32.9 Å². The van der Waals surface area contributed by atoms with E-state index in [0.29, 0.717) is 5.92 Å². The highest BCUT2D eigenvalue weighted by Crippen LogP contribution is 2.44. The highest BCUT2D eigenvalue weighted by atomic mass is 16.5. The molecule has 0 N–H and O–H groups in total. The van der Waals surface area contributed by atoms with Crippen LogP contribution in [0, 0.1) is 0 Å². The second-order valence-electron chi connectivity index (χ2n) is 6.48. The third-order valence-electron chi connectivity index (χ3n) is 3.84. The lowest BCUT2D eigenvalue weighted by atomic mass is 9.90. The maximum atomic E-state index is 5.58. The van der Waals surface area contributed by atoms with E-state index >= 15 is 0 Å². The lowest BCUT2D eigenvalue weighted by Crippen LogP contribution is -2.14. The van der Waals surface area contributed by atoms with Gasteiger partial charge in [0, 0.05) is 16.9 Å². The summed E-state index contributed by atoms with van der Waals surface area (Å²) in [5.41, 5.74) is 3.67. The zero-order valence-electron chi connectivity index (χ0n) is 12.2. The van der Waals surface area contributed by atoms with Crippen LogP contribution in [0.25, 0.3) is 10.9 Å². The number of rotatable bonds is 2. The van der Waals surface area contributed by atoms with Crippen molar-refractivity contribution in [2.24, 2.45) is 0 Å². The summed E-state index contributed by atoms with van der Waals surface area (Å²) in [5.74, 6) is 1.65. The summed E-state index contributed by atoms with van der Waals surface area (Å²) in [6, 6.07) is 8.54. The van der Waals surface area contributed by atoms with Crippen molar-refractivity contribution in [1.82, 2.24) is 4.98 Å². The van der Waals surface area contributed by atoms with E-state index in [-0.39, 0.29) is 5.41 Å². The minimum atomic E-state index is 0.0398. The highest BCUT2D eigenvalue weighted by molar-refractivity contribution is 5.88. The molecule has 0 amide bonds. The fourth-order valence-electron chi connectivity index (χ4n) is 2.52. The number of fused-ring (bicyclic) bond motifs is 1. The van der Waals surface area contributed by atoms with Gasteiger partial charge >= 0.3 is 0 Å². The summed E-state index contributed by atoms with van der Waals surface area (Å²) < 4.78 is 5.58. The van der Waals surface area contributed by atoms with Gasteiger partial charge in [0.05, 0.1) is 18.3 Å². The smallest absolute Gasteiger partial charge is 0.130 e. The Kier molecular flexibility index (Phi) is 2.77. The van der Waals surface area contributed by atoms with Crippen molar-refractivity contribution in [3.05, 3.63) is 35.5 Å². The number of para-hydroxylation sites is 1. The summed E-state index contributed by atoms with van der Waals surface area (Å²) in [6.45, 7) is 6.58. The monoisotopic (exact) mass is 255 g/mol. The van der Waals surface area contributed by atoms with Crippen molar-refractivity contribution in [2.75, 3.05) is 7.11 Å². The lowest BCUT2D eigenvalue weighted by molar-refractivity contribution is 0.417. The molecule has 1 heterocycles. The molecule has 0 spiro atoms. The van der Waals surface area contributed by atoms with Crippen molar-refractivity contribution >= 4 is 10.9 Å². The SMILES string of the molecule is COc1cc(C(C)(C)C)nc2c(C3CC3)cccc12. The van der Waals surface area contributed by atoms with E-state index in [9.17, 15) is 0 Å². The molecule has 1 aromatic heterocycles. The number of hydrogen-bond acceptors (Lipinski definition) is 2. The Balaban J connectivity index is 2.30. The van der Waals surface area contributed by atoms with Crippen LogP contribution in [-0.4, -0.2) is 12.1 Å². The first-order chi connectivity index (χ1) is 9.00. The standard InChI is InChI=1S/C17H21NO/c1-17(2,3)15-10-14(19-4)13-7-5-6-12(11-8-9-11)16(13)18-15/h5-7,10-11H,8-9H2,1-4H3. The first kappa shape index (κ1) is 12.5. The van der Waals surface area contributed by atoms with E-state index < -0.39 is 0 Å². The van der Waals surface area contributed by atoms with E-state index in [1.807, 2.05) is 0 Å². The number of hydrogen-bond donors (Lipinski definition) is 0. The second kappa shape index (κ2) is 4.22. The zero-order chi connectivity index (χ0) is 13.6. The van der Waals surface area contributed by atoms with E-state index in [1.165, 1.54) is 18.4 Å². The van der Waals surface area contributed by atoms with Crippen molar-refractivity contribution in [2.45, 2.75) is 44.9 Å². The quantitative estimate of drug-likeness (QED) is 0.792. The molecule has 1 aliphatic carbocycles. The van der Waals surface area contributed by atoms with Gasteiger partial charge in [0.2, 0.25) is 0 Å². The fourth-order valence-corrected chi connectivity index (χ4v) is 2.52. The average Bonchev–Trinajstić information content (AvgIpc) is 3.19. The normalized spacial score (nSPS) is 15.8. The highest BCUT2D eigenvalue weighted by Gasteiger charge is 2.27. The number of methoxy groups -OCH3 is 1. The molecule has 1 fully saturated rings. The second-order valence-corrected chi connectivity index (χ2v) is 6.48. The number of pyridine rings is 1. The zero-order valence-corrected chi connectivity index (χ0v) is 12.2. The number of benzene rings is 1. The van der Waals surface area contributed by atoms with Gasteiger partial charge in [-0.3, -0.25) is 4.98 Å². The Morgan fingerprint density at radius 2 is 1.95 bits per heavy atom. The van der Waals surface area contributed by atoms with Crippen LogP contribution in [0.3, 0.4) is 0 Å². The largest absolute Gasteiger partial charge is 0.496 e. The molecule has 0 saturated heterocycles. The van der Waals surface area contributed by atoms with Gasteiger partial charge in [0.15, 0.2) is 0 Å². The first-order valence-corrected chi connectivity index (χ1v) is 6.99.